The van der Waals surface area contributed by atoms with E-state index in [-0.39, 0.29) is 11.8 Å². The van der Waals surface area contributed by atoms with Crippen molar-refractivity contribution in [2.75, 3.05) is 5.32 Å². The minimum atomic E-state index is -2.82. The minimum absolute atomic E-state index is 0.0587. The maximum absolute atomic E-state index is 12.1. The van der Waals surface area contributed by atoms with E-state index in [1.807, 2.05) is 13.0 Å². The van der Waals surface area contributed by atoms with E-state index >= 15 is 0 Å². The van der Waals surface area contributed by atoms with Crippen molar-refractivity contribution in [2.45, 2.75) is 19.6 Å². The molecule has 0 radical (unpaired) electrons. The van der Waals surface area contributed by atoms with Crippen LogP contribution in [0.5, 0.6) is 5.75 Å². The smallest absolute Gasteiger partial charge is 0.387 e. The van der Waals surface area contributed by atoms with Crippen molar-refractivity contribution >= 4 is 28.9 Å². The highest BCUT2D eigenvalue weighted by atomic mass is 35.5. The van der Waals surface area contributed by atoms with Crippen LogP contribution < -0.4 is 10.1 Å². The molecule has 6 heteroatoms. The van der Waals surface area contributed by atoms with Gasteiger partial charge in [0.1, 0.15) is 5.75 Å². The molecule has 2 aromatic rings. The molecule has 0 aliphatic carbocycles. The Labute approximate surface area is 131 Å². The molecule has 2 rings (SSSR count). The van der Waals surface area contributed by atoms with Gasteiger partial charge >= 0.3 is 6.61 Å². The lowest BCUT2D eigenvalue weighted by Gasteiger charge is -2.17. The Morgan fingerprint density at radius 2 is 1.71 bits per heavy atom. The number of benzene rings is 2. The van der Waals surface area contributed by atoms with E-state index in [2.05, 4.69) is 10.1 Å². The summed E-state index contributed by atoms with van der Waals surface area (Å²) in [6, 6.07) is 11.5. The van der Waals surface area contributed by atoms with Crippen molar-refractivity contribution in [3.8, 4) is 5.75 Å². The largest absolute Gasteiger partial charge is 0.435 e. The van der Waals surface area contributed by atoms with Crippen molar-refractivity contribution in [3.05, 3.63) is 58.1 Å². The number of hydrogen-bond donors (Lipinski definition) is 1. The van der Waals surface area contributed by atoms with Gasteiger partial charge in [0.05, 0.1) is 0 Å². The van der Waals surface area contributed by atoms with Crippen LogP contribution in [0.15, 0.2) is 42.5 Å². The molecule has 2 aromatic carbocycles. The van der Waals surface area contributed by atoms with Crippen LogP contribution in [0.4, 0.5) is 14.5 Å². The summed E-state index contributed by atoms with van der Waals surface area (Å²) in [5, 5.41) is 4.37. The molecule has 1 N–H and O–H groups in total. The Bertz CT molecular complexity index is 605. The van der Waals surface area contributed by atoms with Gasteiger partial charge in [-0.05, 0) is 48.9 Å². The average Bonchev–Trinajstić information content (AvgIpc) is 2.40. The van der Waals surface area contributed by atoms with Gasteiger partial charge < -0.3 is 10.1 Å². The molecule has 21 heavy (non-hydrogen) atoms. The summed E-state index contributed by atoms with van der Waals surface area (Å²) >= 11 is 12.0. The summed E-state index contributed by atoms with van der Waals surface area (Å²) in [5.41, 5.74) is 1.67. The fourth-order valence-electron chi connectivity index (χ4n) is 1.91. The lowest BCUT2D eigenvalue weighted by atomic mass is 10.1. The van der Waals surface area contributed by atoms with Crippen LogP contribution in [0.3, 0.4) is 0 Å². The first kappa shape index (κ1) is 15.9. The highest BCUT2D eigenvalue weighted by molar-refractivity contribution is 6.35. The van der Waals surface area contributed by atoms with Gasteiger partial charge in [0.25, 0.3) is 0 Å². The zero-order valence-electron chi connectivity index (χ0n) is 11.1. The molecule has 1 unspecified atom stereocenters. The predicted octanol–water partition coefficient (Wildman–Crippen LogP) is 5.77. The first-order valence-electron chi connectivity index (χ1n) is 6.22. The summed E-state index contributed by atoms with van der Waals surface area (Å²) in [6.07, 6.45) is 0. The van der Waals surface area contributed by atoms with E-state index in [1.165, 1.54) is 12.1 Å². The van der Waals surface area contributed by atoms with E-state index in [4.69, 9.17) is 23.2 Å². The van der Waals surface area contributed by atoms with E-state index in [9.17, 15) is 8.78 Å². The monoisotopic (exact) mass is 331 g/mol. The van der Waals surface area contributed by atoms with E-state index in [0.717, 1.165) is 11.3 Å². The molecule has 1 atom stereocenters. The summed E-state index contributed by atoms with van der Waals surface area (Å²) in [5.74, 6) is 0.118. The quantitative estimate of drug-likeness (QED) is 0.751. The van der Waals surface area contributed by atoms with Gasteiger partial charge in [-0.25, -0.2) is 0 Å². The van der Waals surface area contributed by atoms with Gasteiger partial charge in [-0.3, -0.25) is 0 Å². The summed E-state index contributed by atoms with van der Waals surface area (Å²) in [6.45, 7) is -0.880. The van der Waals surface area contributed by atoms with Crippen LogP contribution in [0.25, 0.3) is 0 Å². The molecular weight excluding hydrogens is 319 g/mol. The topological polar surface area (TPSA) is 21.3 Å². The van der Waals surface area contributed by atoms with E-state index in [0.29, 0.717) is 10.0 Å². The van der Waals surface area contributed by atoms with Gasteiger partial charge in [-0.15, -0.1) is 0 Å². The van der Waals surface area contributed by atoms with Crippen molar-refractivity contribution in [1.29, 1.82) is 0 Å². The van der Waals surface area contributed by atoms with Crippen molar-refractivity contribution < 1.29 is 13.5 Å². The lowest BCUT2D eigenvalue weighted by Crippen LogP contribution is -2.07. The number of halogens is 4. The highest BCUT2D eigenvalue weighted by Crippen LogP contribution is 2.29. The van der Waals surface area contributed by atoms with Crippen LogP contribution in [0.1, 0.15) is 18.5 Å². The van der Waals surface area contributed by atoms with Gasteiger partial charge in [0, 0.05) is 21.8 Å². The number of rotatable bonds is 5. The highest BCUT2D eigenvalue weighted by Gasteiger charge is 2.10. The Hall–Kier alpha value is -1.52. The maximum atomic E-state index is 12.1. The number of hydrogen-bond acceptors (Lipinski definition) is 2. The number of ether oxygens (including phenoxy) is 1. The molecule has 0 saturated heterocycles. The second kappa shape index (κ2) is 6.96. The third-order valence-corrected chi connectivity index (χ3v) is 3.45. The van der Waals surface area contributed by atoms with E-state index in [1.54, 1.807) is 24.3 Å². The zero-order chi connectivity index (χ0) is 15.4. The van der Waals surface area contributed by atoms with Crippen molar-refractivity contribution in [3.63, 3.8) is 0 Å². The Morgan fingerprint density at radius 3 is 2.29 bits per heavy atom. The molecule has 112 valence electrons. The molecule has 0 aromatic heterocycles. The number of anilines is 1. The average molecular weight is 332 g/mol. The molecule has 0 fully saturated rings. The van der Waals surface area contributed by atoms with Crippen LogP contribution in [-0.2, 0) is 0 Å². The molecule has 0 saturated carbocycles. The van der Waals surface area contributed by atoms with Crippen LogP contribution in [0.2, 0.25) is 10.0 Å². The lowest BCUT2D eigenvalue weighted by molar-refractivity contribution is -0.0498. The Kier molecular flexibility index (Phi) is 5.26. The van der Waals surface area contributed by atoms with Gasteiger partial charge in [0.15, 0.2) is 0 Å². The van der Waals surface area contributed by atoms with E-state index < -0.39 is 6.61 Å². The zero-order valence-corrected chi connectivity index (χ0v) is 12.6. The summed E-state index contributed by atoms with van der Waals surface area (Å²) in [4.78, 5) is 0. The molecule has 0 aliphatic heterocycles. The fourth-order valence-corrected chi connectivity index (χ4v) is 2.49. The van der Waals surface area contributed by atoms with Crippen molar-refractivity contribution in [2.24, 2.45) is 0 Å². The Morgan fingerprint density at radius 1 is 1.05 bits per heavy atom. The minimum Gasteiger partial charge on any atom is -0.435 e. The third kappa shape index (κ3) is 4.48. The second-order valence-corrected chi connectivity index (χ2v) is 5.28. The van der Waals surface area contributed by atoms with Crippen LogP contribution in [-0.4, -0.2) is 6.61 Å². The Balaban J connectivity index is 2.06. The van der Waals surface area contributed by atoms with Gasteiger partial charge in [-0.1, -0.05) is 29.3 Å². The number of alkyl halides is 2. The molecule has 0 spiro atoms. The first-order chi connectivity index (χ1) is 9.95. The SMILES string of the molecule is CC(Nc1ccc(OC(F)F)cc1)c1ccc(Cl)cc1Cl. The third-order valence-electron chi connectivity index (χ3n) is 2.89. The first-order valence-corrected chi connectivity index (χ1v) is 6.97. The maximum Gasteiger partial charge on any atom is 0.387 e. The predicted molar refractivity (Wildman–Crippen MR) is 81.6 cm³/mol. The summed E-state index contributed by atoms with van der Waals surface area (Å²) < 4.78 is 28.4. The van der Waals surface area contributed by atoms with Gasteiger partial charge in [0.2, 0.25) is 0 Å². The molecular formula is C15H13Cl2F2NO. The standard InChI is InChI=1S/C15H13Cl2F2NO/c1-9(13-7-2-10(16)8-14(13)17)20-11-3-5-12(6-4-11)21-15(18)19/h2-9,15,20H,1H3. The molecule has 0 amide bonds. The number of nitrogens with one attached hydrogen (secondary N) is 1. The molecule has 0 aliphatic rings. The second-order valence-electron chi connectivity index (χ2n) is 4.43. The normalized spacial score (nSPS) is 12.3. The molecule has 0 heterocycles. The molecule has 0 bridgehead atoms. The fraction of sp³-hybridized carbons (Fsp3) is 0.200. The van der Waals surface area contributed by atoms with Crippen molar-refractivity contribution in [1.82, 2.24) is 0 Å². The van der Waals surface area contributed by atoms with Gasteiger partial charge in [-0.2, -0.15) is 8.78 Å². The van der Waals surface area contributed by atoms with Crippen LogP contribution in [0, 0.1) is 0 Å². The molecule has 2 nitrogen and oxygen atoms in total. The summed E-state index contributed by atoms with van der Waals surface area (Å²) in [7, 11) is 0. The van der Waals surface area contributed by atoms with Crippen LogP contribution >= 0.6 is 23.2 Å².